The Morgan fingerprint density at radius 1 is 1.32 bits per heavy atom. The van der Waals surface area contributed by atoms with Crippen LogP contribution in [0.3, 0.4) is 0 Å². The highest BCUT2D eigenvalue weighted by molar-refractivity contribution is 7.08. The molecule has 0 aliphatic rings. The minimum absolute atomic E-state index is 0.221. The molecule has 0 spiro atoms. The SMILES string of the molecule is O=C(C=Cc1ccsc1)Nc1cccc2nonc12. The fourth-order valence-electron chi connectivity index (χ4n) is 1.62. The van der Waals surface area contributed by atoms with Gasteiger partial charge in [0.2, 0.25) is 5.91 Å². The van der Waals surface area contributed by atoms with E-state index >= 15 is 0 Å². The maximum Gasteiger partial charge on any atom is 0.248 e. The molecular formula is C13H9N3O2S. The van der Waals surface area contributed by atoms with Crippen molar-refractivity contribution in [2.45, 2.75) is 0 Å². The molecule has 6 heteroatoms. The van der Waals surface area contributed by atoms with Gasteiger partial charge >= 0.3 is 0 Å². The largest absolute Gasteiger partial charge is 0.320 e. The van der Waals surface area contributed by atoms with Crippen LogP contribution in [0.5, 0.6) is 0 Å². The Kier molecular flexibility index (Phi) is 3.07. The third kappa shape index (κ3) is 2.53. The van der Waals surface area contributed by atoms with Crippen LogP contribution in [0.25, 0.3) is 17.1 Å². The third-order valence-electron chi connectivity index (χ3n) is 2.51. The van der Waals surface area contributed by atoms with Gasteiger partial charge in [0.05, 0.1) is 5.69 Å². The van der Waals surface area contributed by atoms with E-state index in [-0.39, 0.29) is 5.91 Å². The van der Waals surface area contributed by atoms with Gasteiger partial charge < -0.3 is 5.32 Å². The first kappa shape index (κ1) is 11.6. The molecule has 0 unspecified atom stereocenters. The summed E-state index contributed by atoms with van der Waals surface area (Å²) >= 11 is 1.58. The minimum Gasteiger partial charge on any atom is -0.320 e. The highest BCUT2D eigenvalue weighted by Crippen LogP contribution is 2.19. The second-order valence-electron chi connectivity index (χ2n) is 3.82. The Hall–Kier alpha value is -2.47. The number of carbonyl (C=O) groups is 1. The van der Waals surface area contributed by atoms with Crippen LogP contribution in [-0.4, -0.2) is 16.2 Å². The Morgan fingerprint density at radius 3 is 3.11 bits per heavy atom. The number of thiophene rings is 1. The van der Waals surface area contributed by atoms with Crippen molar-refractivity contribution < 1.29 is 9.42 Å². The van der Waals surface area contributed by atoms with Crippen LogP contribution < -0.4 is 5.32 Å². The number of aromatic nitrogens is 2. The Morgan fingerprint density at radius 2 is 2.26 bits per heavy atom. The summed E-state index contributed by atoms with van der Waals surface area (Å²) in [7, 11) is 0. The van der Waals surface area contributed by atoms with Gasteiger partial charge in [-0.25, -0.2) is 4.63 Å². The highest BCUT2D eigenvalue weighted by atomic mass is 32.1. The number of benzene rings is 1. The van der Waals surface area contributed by atoms with E-state index in [1.807, 2.05) is 16.8 Å². The Bertz CT molecular complexity index is 731. The molecular weight excluding hydrogens is 262 g/mol. The molecule has 3 rings (SSSR count). The fraction of sp³-hybridized carbons (Fsp3) is 0. The second kappa shape index (κ2) is 5.03. The summed E-state index contributed by atoms with van der Waals surface area (Å²) in [5, 5.41) is 14.1. The predicted molar refractivity (Wildman–Crippen MR) is 73.8 cm³/mol. The van der Waals surface area contributed by atoms with Crippen LogP contribution in [0.2, 0.25) is 0 Å². The zero-order chi connectivity index (χ0) is 13.1. The van der Waals surface area contributed by atoms with E-state index in [2.05, 4.69) is 20.3 Å². The standard InChI is InChI=1S/C13H9N3O2S/c17-12(5-4-9-6-7-19-8-9)14-10-2-1-3-11-13(10)16-18-15-11/h1-8H,(H,14,17). The fourth-order valence-corrected chi connectivity index (χ4v) is 2.25. The van der Waals surface area contributed by atoms with Crippen molar-refractivity contribution in [3.63, 3.8) is 0 Å². The molecule has 1 N–H and O–H groups in total. The number of carbonyl (C=O) groups excluding carboxylic acids is 1. The van der Waals surface area contributed by atoms with Crippen molar-refractivity contribution in [1.29, 1.82) is 0 Å². The number of amides is 1. The molecule has 1 amide bonds. The topological polar surface area (TPSA) is 68.0 Å². The molecule has 0 aliphatic carbocycles. The Balaban J connectivity index is 1.78. The summed E-state index contributed by atoms with van der Waals surface area (Å²) in [6.45, 7) is 0. The molecule has 0 saturated carbocycles. The van der Waals surface area contributed by atoms with E-state index in [0.29, 0.717) is 16.7 Å². The minimum atomic E-state index is -0.221. The number of hydrogen-bond donors (Lipinski definition) is 1. The summed E-state index contributed by atoms with van der Waals surface area (Å²) in [4.78, 5) is 11.8. The number of nitrogens with zero attached hydrogens (tertiary/aromatic N) is 2. The lowest BCUT2D eigenvalue weighted by molar-refractivity contribution is -0.111. The first-order valence-electron chi connectivity index (χ1n) is 5.55. The molecule has 5 nitrogen and oxygen atoms in total. The quantitative estimate of drug-likeness (QED) is 0.744. The zero-order valence-electron chi connectivity index (χ0n) is 9.74. The maximum atomic E-state index is 11.8. The summed E-state index contributed by atoms with van der Waals surface area (Å²) in [6, 6.07) is 7.24. The molecule has 19 heavy (non-hydrogen) atoms. The summed E-state index contributed by atoms with van der Waals surface area (Å²) in [6.07, 6.45) is 3.24. The van der Waals surface area contributed by atoms with Gasteiger partial charge in [0.1, 0.15) is 5.52 Å². The predicted octanol–water partition coefficient (Wildman–Crippen LogP) is 2.94. The van der Waals surface area contributed by atoms with E-state index in [4.69, 9.17) is 0 Å². The van der Waals surface area contributed by atoms with Gasteiger partial charge in [0.25, 0.3) is 0 Å². The molecule has 0 fully saturated rings. The zero-order valence-corrected chi connectivity index (χ0v) is 10.6. The van der Waals surface area contributed by atoms with Gasteiger partial charge in [-0.1, -0.05) is 6.07 Å². The van der Waals surface area contributed by atoms with Gasteiger partial charge in [-0.15, -0.1) is 0 Å². The van der Waals surface area contributed by atoms with Gasteiger partial charge in [-0.3, -0.25) is 4.79 Å². The Labute approximate surface area is 112 Å². The van der Waals surface area contributed by atoms with E-state index < -0.39 is 0 Å². The van der Waals surface area contributed by atoms with Crippen molar-refractivity contribution in [3.8, 4) is 0 Å². The van der Waals surface area contributed by atoms with Crippen LogP contribution in [0.1, 0.15) is 5.56 Å². The number of fused-ring (bicyclic) bond motifs is 1. The lowest BCUT2D eigenvalue weighted by Crippen LogP contribution is -2.08. The summed E-state index contributed by atoms with van der Waals surface area (Å²) < 4.78 is 4.64. The van der Waals surface area contributed by atoms with Crippen LogP contribution in [0.4, 0.5) is 5.69 Å². The average Bonchev–Trinajstić information content (AvgIpc) is 3.08. The van der Waals surface area contributed by atoms with E-state index in [9.17, 15) is 4.79 Å². The molecule has 0 radical (unpaired) electrons. The molecule has 0 atom stereocenters. The number of rotatable bonds is 3. The summed E-state index contributed by atoms with van der Waals surface area (Å²) in [5.41, 5.74) is 2.74. The molecule has 0 saturated heterocycles. The number of anilines is 1. The van der Waals surface area contributed by atoms with E-state index in [1.54, 1.807) is 35.6 Å². The molecule has 94 valence electrons. The van der Waals surface area contributed by atoms with Crippen molar-refractivity contribution >= 4 is 40.0 Å². The highest BCUT2D eigenvalue weighted by Gasteiger charge is 2.07. The smallest absolute Gasteiger partial charge is 0.248 e. The molecule has 3 aromatic rings. The van der Waals surface area contributed by atoms with Crippen LogP contribution >= 0.6 is 11.3 Å². The molecule has 1 aromatic carbocycles. The lowest BCUT2D eigenvalue weighted by Gasteiger charge is -2.00. The van der Waals surface area contributed by atoms with Crippen molar-refractivity contribution in [3.05, 3.63) is 46.7 Å². The molecule has 2 heterocycles. The van der Waals surface area contributed by atoms with Gasteiger partial charge in [0.15, 0.2) is 5.52 Å². The first-order valence-corrected chi connectivity index (χ1v) is 6.50. The number of hydrogen-bond acceptors (Lipinski definition) is 5. The van der Waals surface area contributed by atoms with Crippen molar-refractivity contribution in [1.82, 2.24) is 10.3 Å². The number of nitrogens with one attached hydrogen (secondary N) is 1. The van der Waals surface area contributed by atoms with Gasteiger partial charge in [-0.05, 0) is 50.9 Å². The monoisotopic (exact) mass is 271 g/mol. The van der Waals surface area contributed by atoms with E-state index in [1.165, 1.54) is 6.08 Å². The normalized spacial score (nSPS) is 11.2. The second-order valence-corrected chi connectivity index (χ2v) is 4.60. The average molecular weight is 271 g/mol. The van der Waals surface area contributed by atoms with Crippen molar-refractivity contribution in [2.24, 2.45) is 0 Å². The van der Waals surface area contributed by atoms with Crippen LogP contribution in [0.15, 0.2) is 45.7 Å². The van der Waals surface area contributed by atoms with Crippen molar-refractivity contribution in [2.75, 3.05) is 5.32 Å². The first-order chi connectivity index (χ1) is 9.33. The molecule has 2 aromatic heterocycles. The maximum absolute atomic E-state index is 11.8. The molecule has 0 aliphatic heterocycles. The lowest BCUT2D eigenvalue weighted by atomic mass is 10.2. The third-order valence-corrected chi connectivity index (χ3v) is 3.22. The van der Waals surface area contributed by atoms with Gasteiger partial charge in [-0.2, -0.15) is 11.3 Å². The van der Waals surface area contributed by atoms with Gasteiger partial charge in [0, 0.05) is 6.08 Å². The van der Waals surface area contributed by atoms with E-state index in [0.717, 1.165) is 5.56 Å². The summed E-state index contributed by atoms with van der Waals surface area (Å²) in [5.74, 6) is -0.221. The van der Waals surface area contributed by atoms with Crippen LogP contribution in [-0.2, 0) is 4.79 Å². The molecule has 0 bridgehead atoms. The van der Waals surface area contributed by atoms with Crippen LogP contribution in [0, 0.1) is 0 Å².